The van der Waals surface area contributed by atoms with Gasteiger partial charge in [-0.1, -0.05) is 18.2 Å². The van der Waals surface area contributed by atoms with Gasteiger partial charge in [0.2, 0.25) is 11.4 Å². The smallest absolute Gasteiger partial charge is 0.344 e. The van der Waals surface area contributed by atoms with Crippen LogP contribution in [-0.4, -0.2) is 42.6 Å². The van der Waals surface area contributed by atoms with Gasteiger partial charge in [-0.05, 0) is 44.9 Å². The van der Waals surface area contributed by atoms with Crippen molar-refractivity contribution in [1.29, 1.82) is 0 Å². The predicted molar refractivity (Wildman–Crippen MR) is 108 cm³/mol. The molecule has 0 bridgehead atoms. The van der Waals surface area contributed by atoms with Crippen LogP contribution in [0.2, 0.25) is 0 Å². The molecule has 1 aromatic carbocycles. The Balaban J connectivity index is 3.16. The van der Waals surface area contributed by atoms with Crippen molar-refractivity contribution in [1.82, 2.24) is 5.32 Å². The van der Waals surface area contributed by atoms with E-state index in [-0.39, 0.29) is 25.7 Å². The molecule has 0 radical (unpaired) electrons. The van der Waals surface area contributed by atoms with Gasteiger partial charge in [-0.3, -0.25) is 4.79 Å². The topological polar surface area (TPSA) is 93.7 Å². The average Bonchev–Trinajstić information content (AvgIpc) is 2.62. The number of hydrogen-bond acceptors (Lipinski definition) is 6. The van der Waals surface area contributed by atoms with Gasteiger partial charge in [-0.25, -0.2) is 9.59 Å². The fourth-order valence-corrected chi connectivity index (χ4v) is 2.80. The fourth-order valence-electron chi connectivity index (χ4n) is 2.80. The molecule has 1 amide bonds. The van der Waals surface area contributed by atoms with Crippen LogP contribution in [0.25, 0.3) is 0 Å². The highest BCUT2D eigenvalue weighted by Crippen LogP contribution is 2.21. The maximum Gasteiger partial charge on any atom is 0.344 e. The van der Waals surface area contributed by atoms with E-state index in [9.17, 15) is 14.4 Å². The number of benzene rings is 1. The zero-order chi connectivity index (χ0) is 21.2. The van der Waals surface area contributed by atoms with E-state index < -0.39 is 23.4 Å². The molecule has 0 aliphatic carbocycles. The molecule has 0 aromatic heterocycles. The summed E-state index contributed by atoms with van der Waals surface area (Å²) in [6.45, 7) is 10.4. The summed E-state index contributed by atoms with van der Waals surface area (Å²) in [5.74, 6) is -2.21. The summed E-state index contributed by atoms with van der Waals surface area (Å²) >= 11 is 0. The number of carbonyl (C=O) groups excluding carboxylic acids is 3. The second-order valence-corrected chi connectivity index (χ2v) is 6.47. The first-order valence-corrected chi connectivity index (χ1v) is 9.38. The standard InChI is InChI=1S/C21H30N2O5/c1-6-9-15(4)22-18-12-10-17(11-13-18)14-21(23-16(5)24,19(25)27-7-2)20(26)28-8-3/h6,10-13,15,22H,1,7-9,14H2,2-5H3,(H,23,24). The fraction of sp³-hybridized carbons (Fsp3) is 0.476. The lowest BCUT2D eigenvalue weighted by Crippen LogP contribution is -2.62. The van der Waals surface area contributed by atoms with Gasteiger partial charge in [0.15, 0.2) is 0 Å². The van der Waals surface area contributed by atoms with Crippen molar-refractivity contribution in [2.45, 2.75) is 52.1 Å². The van der Waals surface area contributed by atoms with Gasteiger partial charge in [0.1, 0.15) is 0 Å². The maximum absolute atomic E-state index is 12.6. The van der Waals surface area contributed by atoms with Crippen LogP contribution in [0.4, 0.5) is 5.69 Å². The third-order valence-corrected chi connectivity index (χ3v) is 3.99. The summed E-state index contributed by atoms with van der Waals surface area (Å²) in [6, 6.07) is 7.50. The van der Waals surface area contributed by atoms with Crippen LogP contribution >= 0.6 is 0 Å². The summed E-state index contributed by atoms with van der Waals surface area (Å²) in [6.07, 6.45) is 2.58. The number of nitrogens with one attached hydrogen (secondary N) is 2. The molecule has 1 unspecified atom stereocenters. The Labute approximate surface area is 166 Å². The summed E-state index contributed by atoms with van der Waals surface area (Å²) in [5, 5.41) is 5.79. The monoisotopic (exact) mass is 390 g/mol. The number of rotatable bonds is 11. The lowest BCUT2D eigenvalue weighted by Gasteiger charge is -2.29. The Morgan fingerprint density at radius 3 is 2.07 bits per heavy atom. The Kier molecular flexibility index (Phi) is 9.21. The molecule has 1 aromatic rings. The molecule has 154 valence electrons. The Hall–Kier alpha value is -2.83. The molecule has 0 fully saturated rings. The van der Waals surface area contributed by atoms with Gasteiger partial charge in [0, 0.05) is 25.1 Å². The first-order chi connectivity index (χ1) is 13.3. The Morgan fingerprint density at radius 1 is 1.11 bits per heavy atom. The largest absolute Gasteiger partial charge is 0.464 e. The molecule has 7 heteroatoms. The van der Waals surface area contributed by atoms with Crippen molar-refractivity contribution < 1.29 is 23.9 Å². The van der Waals surface area contributed by atoms with Crippen molar-refractivity contribution >= 4 is 23.5 Å². The minimum atomic E-state index is -1.93. The van der Waals surface area contributed by atoms with E-state index in [0.29, 0.717) is 5.56 Å². The Bertz CT molecular complexity index is 667. The van der Waals surface area contributed by atoms with E-state index >= 15 is 0 Å². The maximum atomic E-state index is 12.6. The SMILES string of the molecule is C=CCC(C)Nc1ccc(CC(NC(C)=O)(C(=O)OCC)C(=O)OCC)cc1. The normalized spacial score (nSPS) is 11.9. The number of ether oxygens (including phenoxy) is 2. The molecule has 1 rings (SSSR count). The zero-order valence-electron chi connectivity index (χ0n) is 17.0. The molecule has 0 spiro atoms. The second kappa shape index (κ2) is 11.1. The van der Waals surface area contributed by atoms with E-state index in [2.05, 4.69) is 17.2 Å². The van der Waals surface area contributed by atoms with Crippen molar-refractivity contribution in [3.8, 4) is 0 Å². The zero-order valence-corrected chi connectivity index (χ0v) is 17.0. The number of hydrogen-bond donors (Lipinski definition) is 2. The highest BCUT2D eigenvalue weighted by atomic mass is 16.6. The minimum Gasteiger partial charge on any atom is -0.464 e. The van der Waals surface area contributed by atoms with E-state index in [0.717, 1.165) is 12.1 Å². The van der Waals surface area contributed by atoms with Gasteiger partial charge < -0.3 is 20.1 Å². The number of amides is 1. The van der Waals surface area contributed by atoms with E-state index in [1.807, 2.05) is 25.1 Å². The number of esters is 2. The molecule has 0 aliphatic rings. The highest BCUT2D eigenvalue weighted by molar-refractivity contribution is 6.08. The minimum absolute atomic E-state index is 0.0730. The molecule has 0 saturated carbocycles. The quantitative estimate of drug-likeness (QED) is 0.343. The molecular formula is C21H30N2O5. The summed E-state index contributed by atoms with van der Waals surface area (Å²) in [5.41, 5.74) is -0.351. The van der Waals surface area contributed by atoms with Crippen LogP contribution in [0, 0.1) is 0 Å². The van der Waals surface area contributed by atoms with E-state index in [1.54, 1.807) is 26.0 Å². The van der Waals surface area contributed by atoms with Crippen LogP contribution < -0.4 is 10.6 Å². The van der Waals surface area contributed by atoms with Gasteiger partial charge in [-0.15, -0.1) is 6.58 Å². The molecule has 2 N–H and O–H groups in total. The van der Waals surface area contributed by atoms with Crippen LogP contribution in [-0.2, 0) is 30.3 Å². The van der Waals surface area contributed by atoms with Gasteiger partial charge >= 0.3 is 11.9 Å². The molecule has 1 atom stereocenters. The summed E-state index contributed by atoms with van der Waals surface area (Å²) < 4.78 is 10.1. The van der Waals surface area contributed by atoms with Gasteiger partial charge in [-0.2, -0.15) is 0 Å². The predicted octanol–water partition coefficient (Wildman–Crippen LogP) is 2.61. The summed E-state index contributed by atoms with van der Waals surface area (Å²) in [7, 11) is 0. The van der Waals surface area contributed by atoms with E-state index in [1.165, 1.54) is 6.92 Å². The van der Waals surface area contributed by atoms with Crippen LogP contribution in [0.3, 0.4) is 0 Å². The van der Waals surface area contributed by atoms with Crippen LogP contribution in [0.5, 0.6) is 0 Å². The van der Waals surface area contributed by atoms with Crippen molar-refractivity contribution in [3.05, 3.63) is 42.5 Å². The third kappa shape index (κ3) is 6.40. The number of anilines is 1. The average molecular weight is 390 g/mol. The first kappa shape index (κ1) is 23.2. The second-order valence-electron chi connectivity index (χ2n) is 6.47. The number of carbonyl (C=O) groups is 3. The molecule has 7 nitrogen and oxygen atoms in total. The third-order valence-electron chi connectivity index (χ3n) is 3.99. The van der Waals surface area contributed by atoms with E-state index in [4.69, 9.17) is 9.47 Å². The highest BCUT2D eigenvalue weighted by Gasteiger charge is 2.50. The molecular weight excluding hydrogens is 360 g/mol. The first-order valence-electron chi connectivity index (χ1n) is 9.38. The molecule has 0 saturated heterocycles. The molecule has 0 heterocycles. The van der Waals surface area contributed by atoms with Crippen LogP contribution in [0.15, 0.2) is 36.9 Å². The molecule has 0 aliphatic heterocycles. The lowest BCUT2D eigenvalue weighted by atomic mass is 9.90. The Morgan fingerprint density at radius 2 is 1.64 bits per heavy atom. The lowest BCUT2D eigenvalue weighted by molar-refractivity contribution is -0.168. The van der Waals surface area contributed by atoms with Crippen molar-refractivity contribution in [2.75, 3.05) is 18.5 Å². The molecule has 28 heavy (non-hydrogen) atoms. The van der Waals surface area contributed by atoms with Gasteiger partial charge in [0.05, 0.1) is 13.2 Å². The summed E-state index contributed by atoms with van der Waals surface area (Å²) in [4.78, 5) is 37.1. The van der Waals surface area contributed by atoms with Crippen LogP contribution in [0.1, 0.15) is 39.7 Å². The van der Waals surface area contributed by atoms with Gasteiger partial charge in [0.25, 0.3) is 0 Å². The van der Waals surface area contributed by atoms with Crippen molar-refractivity contribution in [2.24, 2.45) is 0 Å². The van der Waals surface area contributed by atoms with Crippen molar-refractivity contribution in [3.63, 3.8) is 0 Å².